The number of sulfonamides is 1. The van der Waals surface area contributed by atoms with E-state index in [0.717, 1.165) is 47.6 Å². The smallest absolute Gasteiger partial charge is 0.235 e. The molecule has 0 saturated heterocycles. The van der Waals surface area contributed by atoms with Gasteiger partial charge in [-0.3, -0.25) is 4.79 Å². The van der Waals surface area contributed by atoms with Gasteiger partial charge in [-0.2, -0.15) is 4.31 Å². The molecule has 1 atom stereocenters. The Bertz CT molecular complexity index is 1080. The zero-order chi connectivity index (χ0) is 22.8. The predicted molar refractivity (Wildman–Crippen MR) is 120 cm³/mol. The first kappa shape index (κ1) is 22.7. The molecular formula is C24H29FN2O4S. The molecule has 1 spiro atoms. The van der Waals surface area contributed by atoms with Crippen LogP contribution in [0.3, 0.4) is 0 Å². The van der Waals surface area contributed by atoms with Gasteiger partial charge in [0.25, 0.3) is 0 Å². The van der Waals surface area contributed by atoms with E-state index < -0.39 is 21.7 Å². The number of nitrogens with zero attached hydrogens (tertiary/aromatic N) is 1. The predicted octanol–water partition coefficient (Wildman–Crippen LogP) is 3.93. The summed E-state index contributed by atoms with van der Waals surface area (Å²) in [5.41, 5.74) is 0.828. The number of nitrogens with one attached hydrogen (secondary N) is 1. The molecule has 1 fully saturated rings. The van der Waals surface area contributed by atoms with Crippen molar-refractivity contribution in [1.29, 1.82) is 0 Å². The van der Waals surface area contributed by atoms with Crippen LogP contribution in [0.15, 0.2) is 48.5 Å². The van der Waals surface area contributed by atoms with E-state index >= 15 is 0 Å². The lowest BCUT2D eigenvalue weighted by Gasteiger charge is -2.44. The molecule has 1 heterocycles. The molecule has 6 nitrogen and oxygen atoms in total. The molecule has 0 radical (unpaired) electrons. The van der Waals surface area contributed by atoms with Crippen molar-refractivity contribution in [3.05, 3.63) is 65.5 Å². The van der Waals surface area contributed by atoms with Crippen molar-refractivity contribution in [2.75, 3.05) is 12.8 Å². The van der Waals surface area contributed by atoms with E-state index in [1.165, 1.54) is 18.6 Å². The number of amides is 1. The van der Waals surface area contributed by atoms with Crippen LogP contribution in [-0.4, -0.2) is 37.0 Å². The highest BCUT2D eigenvalue weighted by Crippen LogP contribution is 2.46. The van der Waals surface area contributed by atoms with E-state index in [0.29, 0.717) is 6.42 Å². The largest absolute Gasteiger partial charge is 0.487 e. The fourth-order valence-electron chi connectivity index (χ4n) is 4.76. The topological polar surface area (TPSA) is 75.7 Å². The molecule has 1 N–H and O–H groups in total. The Kier molecular flexibility index (Phi) is 6.53. The van der Waals surface area contributed by atoms with Crippen LogP contribution in [0, 0.1) is 5.82 Å². The van der Waals surface area contributed by atoms with E-state index in [2.05, 4.69) is 5.32 Å². The Balaban J connectivity index is 1.52. The van der Waals surface area contributed by atoms with Crippen LogP contribution in [0.4, 0.5) is 4.39 Å². The van der Waals surface area contributed by atoms with E-state index in [-0.39, 0.29) is 30.3 Å². The molecule has 8 heteroatoms. The van der Waals surface area contributed by atoms with E-state index in [1.54, 1.807) is 12.1 Å². The number of hydrogen-bond donors (Lipinski definition) is 1. The molecule has 1 amide bonds. The minimum Gasteiger partial charge on any atom is -0.487 e. The molecule has 1 aliphatic heterocycles. The minimum absolute atomic E-state index is 0.201. The van der Waals surface area contributed by atoms with Gasteiger partial charge in [0.05, 0.1) is 18.8 Å². The second-order valence-corrected chi connectivity index (χ2v) is 10.8. The van der Waals surface area contributed by atoms with E-state index in [1.807, 2.05) is 24.3 Å². The number of halogens is 1. The Hall–Kier alpha value is -2.45. The number of ether oxygens (including phenoxy) is 1. The Labute approximate surface area is 188 Å². The van der Waals surface area contributed by atoms with Gasteiger partial charge in [-0.25, -0.2) is 12.8 Å². The third-order valence-electron chi connectivity index (χ3n) is 6.39. The first-order valence-corrected chi connectivity index (χ1v) is 12.9. The normalized spacial score (nSPS) is 19.9. The highest BCUT2D eigenvalue weighted by molar-refractivity contribution is 7.88. The summed E-state index contributed by atoms with van der Waals surface area (Å²) in [7, 11) is -3.72. The van der Waals surface area contributed by atoms with Crippen LogP contribution >= 0.6 is 0 Å². The lowest BCUT2D eigenvalue weighted by molar-refractivity contribution is -0.123. The number of fused-ring (bicyclic) bond motifs is 1. The second-order valence-electron chi connectivity index (χ2n) is 8.83. The summed E-state index contributed by atoms with van der Waals surface area (Å²) in [5.74, 6) is -0.143. The van der Waals surface area contributed by atoms with Gasteiger partial charge >= 0.3 is 0 Å². The molecule has 2 aromatic carbocycles. The standard InChI is InChI=1S/C24H29FN2O4S/c1-32(29,30)27(16-18-9-3-5-11-20(18)25)17-23(28)26-21-15-24(13-7-2-8-14-24)31-22-12-6-4-10-19(21)22/h3-6,9-12,21H,2,7-8,13-17H2,1H3,(H,26,28). The van der Waals surface area contributed by atoms with E-state index in [9.17, 15) is 17.6 Å². The molecule has 0 bridgehead atoms. The number of carbonyl (C=O) groups is 1. The third kappa shape index (κ3) is 5.13. The maximum absolute atomic E-state index is 14.1. The summed E-state index contributed by atoms with van der Waals surface area (Å²) in [6.07, 6.45) is 6.93. The van der Waals surface area contributed by atoms with Crippen molar-refractivity contribution in [3.8, 4) is 5.75 Å². The van der Waals surface area contributed by atoms with Crippen LogP contribution < -0.4 is 10.1 Å². The molecule has 2 aliphatic rings. The van der Waals surface area contributed by atoms with Gasteiger partial charge in [0, 0.05) is 24.1 Å². The molecule has 32 heavy (non-hydrogen) atoms. The Morgan fingerprint density at radius 2 is 1.81 bits per heavy atom. The molecule has 2 aromatic rings. The van der Waals surface area contributed by atoms with Crippen LogP contribution in [0.25, 0.3) is 0 Å². The Morgan fingerprint density at radius 3 is 2.53 bits per heavy atom. The third-order valence-corrected chi connectivity index (χ3v) is 7.59. The average Bonchev–Trinajstić information content (AvgIpc) is 2.74. The number of benzene rings is 2. The van der Waals surface area contributed by atoms with Crippen LogP contribution in [0.5, 0.6) is 5.75 Å². The van der Waals surface area contributed by atoms with Crippen LogP contribution in [0.2, 0.25) is 0 Å². The zero-order valence-electron chi connectivity index (χ0n) is 18.2. The van der Waals surface area contributed by atoms with Gasteiger partial charge in [-0.05, 0) is 37.8 Å². The summed E-state index contributed by atoms with van der Waals surface area (Å²) in [5, 5.41) is 3.03. The van der Waals surface area contributed by atoms with Crippen molar-refractivity contribution in [3.63, 3.8) is 0 Å². The van der Waals surface area contributed by atoms with Gasteiger partial charge in [0.2, 0.25) is 15.9 Å². The molecular weight excluding hydrogens is 431 g/mol. The summed E-state index contributed by atoms with van der Waals surface area (Å²) >= 11 is 0. The lowest BCUT2D eigenvalue weighted by Crippen LogP contribution is -2.48. The van der Waals surface area contributed by atoms with Crippen molar-refractivity contribution in [1.82, 2.24) is 9.62 Å². The number of carbonyl (C=O) groups excluding carboxylic acids is 1. The highest BCUT2D eigenvalue weighted by atomic mass is 32.2. The molecule has 1 aliphatic carbocycles. The monoisotopic (exact) mass is 460 g/mol. The van der Waals surface area contributed by atoms with Crippen molar-refractivity contribution >= 4 is 15.9 Å². The van der Waals surface area contributed by atoms with E-state index in [4.69, 9.17) is 4.74 Å². The number of rotatable bonds is 6. The quantitative estimate of drug-likeness (QED) is 0.709. The molecule has 1 saturated carbocycles. The summed E-state index contributed by atoms with van der Waals surface area (Å²) in [6.45, 7) is -0.576. The summed E-state index contributed by atoms with van der Waals surface area (Å²) < 4.78 is 46.1. The van der Waals surface area contributed by atoms with Gasteiger partial charge in [-0.1, -0.05) is 42.8 Å². The van der Waals surface area contributed by atoms with Gasteiger partial charge in [0.15, 0.2) is 0 Å². The van der Waals surface area contributed by atoms with Crippen molar-refractivity contribution < 1.29 is 22.3 Å². The maximum Gasteiger partial charge on any atom is 0.235 e. The van der Waals surface area contributed by atoms with Gasteiger partial charge in [0.1, 0.15) is 17.2 Å². The van der Waals surface area contributed by atoms with Crippen molar-refractivity contribution in [2.24, 2.45) is 0 Å². The number of para-hydroxylation sites is 1. The first-order valence-electron chi connectivity index (χ1n) is 11.0. The van der Waals surface area contributed by atoms with Crippen LogP contribution in [0.1, 0.15) is 55.7 Å². The first-order chi connectivity index (χ1) is 15.3. The molecule has 4 rings (SSSR count). The average molecular weight is 461 g/mol. The lowest BCUT2D eigenvalue weighted by atomic mass is 9.77. The van der Waals surface area contributed by atoms with Crippen LogP contribution in [-0.2, 0) is 21.4 Å². The fourth-order valence-corrected chi connectivity index (χ4v) is 5.48. The second kappa shape index (κ2) is 9.19. The summed E-state index contributed by atoms with van der Waals surface area (Å²) in [4.78, 5) is 13.0. The van der Waals surface area contributed by atoms with Gasteiger partial charge in [-0.15, -0.1) is 0 Å². The fraction of sp³-hybridized carbons (Fsp3) is 0.458. The van der Waals surface area contributed by atoms with Gasteiger partial charge < -0.3 is 10.1 Å². The Morgan fingerprint density at radius 1 is 1.12 bits per heavy atom. The number of hydrogen-bond acceptors (Lipinski definition) is 4. The molecule has 172 valence electrons. The zero-order valence-corrected chi connectivity index (χ0v) is 19.0. The molecule has 0 aromatic heterocycles. The SMILES string of the molecule is CS(=O)(=O)N(CC(=O)NC1CC2(CCCCC2)Oc2ccccc21)Cc1ccccc1F. The maximum atomic E-state index is 14.1. The molecule has 1 unspecified atom stereocenters. The van der Waals surface area contributed by atoms with Crippen molar-refractivity contribution in [2.45, 2.75) is 56.7 Å². The minimum atomic E-state index is -3.72. The summed E-state index contributed by atoms with van der Waals surface area (Å²) in [6, 6.07) is 13.4. The highest BCUT2D eigenvalue weighted by Gasteiger charge is 2.42.